The lowest BCUT2D eigenvalue weighted by Crippen LogP contribution is -2.40. The van der Waals surface area contributed by atoms with Crippen molar-refractivity contribution in [2.45, 2.75) is 83.0 Å². The lowest BCUT2D eigenvalue weighted by atomic mass is 9.72. The van der Waals surface area contributed by atoms with Crippen LogP contribution in [0.1, 0.15) is 78.1 Å². The Labute approximate surface area is 242 Å². The van der Waals surface area contributed by atoms with Crippen LogP contribution in [0.25, 0.3) is 0 Å². The number of aliphatic carboxylic acids is 1. The number of hydrogen-bond donors (Lipinski definition) is 2. The van der Waals surface area contributed by atoms with Crippen molar-refractivity contribution in [3.05, 3.63) is 30.3 Å². The fourth-order valence-corrected chi connectivity index (χ4v) is 7.23. The van der Waals surface area contributed by atoms with Crippen LogP contribution in [0.15, 0.2) is 35.2 Å². The van der Waals surface area contributed by atoms with Gasteiger partial charge >= 0.3 is 12.1 Å². The summed E-state index contributed by atoms with van der Waals surface area (Å²) in [6, 6.07) is 10.0. The number of rotatable bonds is 16. The molecule has 1 aliphatic carbocycles. The second-order valence-electron chi connectivity index (χ2n) is 10.1. The summed E-state index contributed by atoms with van der Waals surface area (Å²) in [5.41, 5.74) is -0.318. The third-order valence-electron chi connectivity index (χ3n) is 6.48. The molecule has 1 aliphatic rings. The third kappa shape index (κ3) is 16.9. The first-order chi connectivity index (χ1) is 18.5. The molecule has 0 saturated heterocycles. The molecule has 0 radical (unpaired) electrons. The van der Waals surface area contributed by atoms with Crippen LogP contribution in [-0.2, 0) is 24.2 Å². The average molecular weight is 604 g/mol. The van der Waals surface area contributed by atoms with Crippen molar-refractivity contribution in [3.63, 3.8) is 0 Å². The van der Waals surface area contributed by atoms with Crippen molar-refractivity contribution in [1.29, 1.82) is 0 Å². The zero-order valence-corrected chi connectivity index (χ0v) is 25.9. The molecule has 222 valence electrons. The quantitative estimate of drug-likeness (QED) is 0.163. The largest absolute Gasteiger partial charge is 0.481 e. The van der Waals surface area contributed by atoms with Crippen LogP contribution in [0, 0.1) is 11.3 Å². The Kier molecular flexibility index (Phi) is 17.5. The number of carbonyl (C=O) groups is 3. The lowest BCUT2D eigenvalue weighted by Gasteiger charge is -2.36. The zero-order chi connectivity index (χ0) is 29.2. The minimum atomic E-state index is -3.15. The summed E-state index contributed by atoms with van der Waals surface area (Å²) in [6.07, 6.45) is 9.13. The van der Waals surface area contributed by atoms with Gasteiger partial charge in [-0.1, -0.05) is 85.7 Å². The van der Waals surface area contributed by atoms with Gasteiger partial charge in [-0.15, -0.1) is 0 Å². The number of benzene rings is 1. The van der Waals surface area contributed by atoms with E-state index in [0.717, 1.165) is 64.0 Å². The maximum absolute atomic E-state index is 11.9. The molecular formula is C28H45NO7S3. The van der Waals surface area contributed by atoms with Gasteiger partial charge in [-0.2, -0.15) is 0 Å². The number of carbonyl (C=O) groups excluding carboxylic acids is 2. The van der Waals surface area contributed by atoms with E-state index in [2.05, 4.69) is 5.32 Å². The van der Waals surface area contributed by atoms with Gasteiger partial charge in [-0.05, 0) is 43.2 Å². The minimum Gasteiger partial charge on any atom is -0.481 e. The van der Waals surface area contributed by atoms with Crippen LogP contribution in [0.4, 0.5) is 4.79 Å². The molecule has 39 heavy (non-hydrogen) atoms. The Morgan fingerprint density at radius 2 is 1.67 bits per heavy atom. The van der Waals surface area contributed by atoms with Gasteiger partial charge in [0.2, 0.25) is 0 Å². The standard InChI is InChI=1S/C18H25NO4S2.C10H20O3S/c20-16(21)13-18(9-5-2-6-10-18)14-19-17(22)23-11-12-24-25-15-7-3-1-4-8-15;1-4-6-9(7-5-2)10(11)8-14(3,12)13/h1,3-4,7-8H,2,5-6,9-14H2,(H,19,22)(H,20,21);9H,4-8H2,1-3H3. The average Bonchev–Trinajstić information content (AvgIpc) is 2.87. The van der Waals surface area contributed by atoms with Gasteiger partial charge < -0.3 is 15.2 Å². The number of ether oxygens (including phenoxy) is 1. The van der Waals surface area contributed by atoms with Crippen molar-refractivity contribution in [1.82, 2.24) is 5.32 Å². The predicted octanol–water partition coefficient (Wildman–Crippen LogP) is 6.39. The van der Waals surface area contributed by atoms with Gasteiger partial charge in [-0.3, -0.25) is 9.59 Å². The molecule has 0 spiro atoms. The van der Waals surface area contributed by atoms with Crippen molar-refractivity contribution in [3.8, 4) is 0 Å². The predicted molar refractivity (Wildman–Crippen MR) is 160 cm³/mol. The maximum atomic E-state index is 11.9. The smallest absolute Gasteiger partial charge is 0.407 e. The van der Waals surface area contributed by atoms with Crippen molar-refractivity contribution in [2.75, 3.05) is 30.9 Å². The van der Waals surface area contributed by atoms with Gasteiger partial charge in [0, 0.05) is 29.4 Å². The highest BCUT2D eigenvalue weighted by Crippen LogP contribution is 2.38. The molecule has 1 aromatic rings. The van der Waals surface area contributed by atoms with Gasteiger partial charge in [-0.25, -0.2) is 13.2 Å². The van der Waals surface area contributed by atoms with Crippen molar-refractivity contribution < 1.29 is 32.6 Å². The summed E-state index contributed by atoms with van der Waals surface area (Å²) in [6.45, 7) is 4.74. The zero-order valence-electron chi connectivity index (χ0n) is 23.5. The summed E-state index contributed by atoms with van der Waals surface area (Å²) in [5, 5.41) is 11.9. The molecule has 1 fully saturated rings. The molecule has 0 aliphatic heterocycles. The second kappa shape index (κ2) is 19.4. The number of carboxylic acids is 1. The molecular weight excluding hydrogens is 559 g/mol. The number of alkyl carbamates (subject to hydrolysis) is 1. The van der Waals surface area contributed by atoms with E-state index < -0.39 is 21.9 Å². The molecule has 11 heteroatoms. The fourth-order valence-electron chi connectivity index (χ4n) is 4.64. The topological polar surface area (TPSA) is 127 Å². The number of carboxylic acid groups (broad SMARTS) is 1. The summed E-state index contributed by atoms with van der Waals surface area (Å²) in [4.78, 5) is 35.7. The summed E-state index contributed by atoms with van der Waals surface area (Å²) in [7, 11) is 0.136. The van der Waals surface area contributed by atoms with Gasteiger partial charge in [0.15, 0.2) is 15.6 Å². The molecule has 0 aromatic heterocycles. The molecule has 1 amide bonds. The Morgan fingerprint density at radius 3 is 2.21 bits per heavy atom. The van der Waals surface area contributed by atoms with Crippen molar-refractivity contribution in [2.24, 2.45) is 11.3 Å². The Morgan fingerprint density at radius 1 is 1.05 bits per heavy atom. The summed E-state index contributed by atoms with van der Waals surface area (Å²) in [5.74, 6) is -0.562. The van der Waals surface area contributed by atoms with E-state index in [-0.39, 0.29) is 29.3 Å². The lowest BCUT2D eigenvalue weighted by molar-refractivity contribution is -0.140. The summed E-state index contributed by atoms with van der Waals surface area (Å²) < 4.78 is 27.1. The number of hydrogen-bond acceptors (Lipinski definition) is 8. The Bertz CT molecular complexity index is 959. The number of ketones is 1. The number of Topliss-reactive ketones (excluding diaryl/α,β-unsaturated/α-hetero) is 1. The van der Waals surface area contributed by atoms with E-state index in [1.807, 2.05) is 44.2 Å². The first kappa shape index (κ1) is 35.3. The molecule has 1 aromatic carbocycles. The van der Waals surface area contributed by atoms with Gasteiger partial charge in [0.25, 0.3) is 0 Å². The van der Waals surface area contributed by atoms with E-state index in [9.17, 15) is 22.8 Å². The van der Waals surface area contributed by atoms with Crippen LogP contribution in [0.5, 0.6) is 0 Å². The molecule has 8 nitrogen and oxygen atoms in total. The third-order valence-corrected chi connectivity index (χ3v) is 9.64. The minimum absolute atomic E-state index is 0.0558. The first-order valence-corrected chi connectivity index (χ1v) is 18.1. The number of sulfone groups is 1. The molecule has 2 N–H and O–H groups in total. The maximum Gasteiger partial charge on any atom is 0.407 e. The highest BCUT2D eigenvalue weighted by Gasteiger charge is 2.34. The molecule has 0 unspecified atom stereocenters. The molecule has 0 atom stereocenters. The van der Waals surface area contributed by atoms with E-state index >= 15 is 0 Å². The van der Waals surface area contributed by atoms with Crippen LogP contribution in [0.3, 0.4) is 0 Å². The number of amides is 1. The van der Waals surface area contributed by atoms with Crippen molar-refractivity contribution >= 4 is 49.3 Å². The van der Waals surface area contributed by atoms with E-state index in [0.29, 0.717) is 18.9 Å². The molecule has 1 saturated carbocycles. The van der Waals surface area contributed by atoms with Crippen LogP contribution >= 0.6 is 21.6 Å². The molecule has 0 heterocycles. The molecule has 0 bridgehead atoms. The van der Waals surface area contributed by atoms with E-state index in [1.54, 1.807) is 21.6 Å². The van der Waals surface area contributed by atoms with E-state index in [1.165, 1.54) is 4.90 Å². The normalized spacial score (nSPS) is 14.7. The van der Waals surface area contributed by atoms with Crippen LogP contribution in [0.2, 0.25) is 0 Å². The summed E-state index contributed by atoms with van der Waals surface area (Å²) >= 11 is 0. The monoisotopic (exact) mass is 603 g/mol. The second-order valence-corrected chi connectivity index (χ2v) is 14.8. The van der Waals surface area contributed by atoms with Gasteiger partial charge in [0.1, 0.15) is 12.4 Å². The van der Waals surface area contributed by atoms with Crippen LogP contribution in [-0.4, -0.2) is 62.3 Å². The Balaban J connectivity index is 0.000000464. The van der Waals surface area contributed by atoms with Gasteiger partial charge in [0.05, 0.1) is 6.42 Å². The highest BCUT2D eigenvalue weighted by molar-refractivity contribution is 8.76. The Hall–Kier alpha value is -1.72. The van der Waals surface area contributed by atoms with Crippen LogP contribution < -0.4 is 5.32 Å². The first-order valence-electron chi connectivity index (χ1n) is 13.7. The SMILES string of the molecule is CCCC(CCC)C(=O)CS(C)(=O)=O.O=C(O)CC1(CNC(=O)OCCSSc2ccccc2)CCCCC1. The van der Waals surface area contributed by atoms with E-state index in [4.69, 9.17) is 9.84 Å². The molecule has 2 rings (SSSR count). The number of nitrogens with one attached hydrogen (secondary N) is 1. The highest BCUT2D eigenvalue weighted by atomic mass is 33.1. The fraction of sp³-hybridized carbons (Fsp3) is 0.679.